The number of phenols is 1. The molecule has 4 amide bonds. The number of carbonyl (C=O) groups is 5. The van der Waals surface area contributed by atoms with Gasteiger partial charge in [0.05, 0.1) is 6.61 Å². The number of nitrogens with zero attached hydrogens (tertiary/aromatic N) is 2. The Balaban J connectivity index is 0.000000227. The molecular weight excluding hydrogens is 1020 g/mol. The summed E-state index contributed by atoms with van der Waals surface area (Å²) in [7, 11) is 0. The van der Waals surface area contributed by atoms with Gasteiger partial charge in [0, 0.05) is 92.1 Å². The van der Waals surface area contributed by atoms with E-state index in [2.05, 4.69) is 57.9 Å². The van der Waals surface area contributed by atoms with Crippen LogP contribution >= 0.6 is 0 Å². The molecule has 5 aliphatic rings. The summed E-state index contributed by atoms with van der Waals surface area (Å²) < 4.78 is 5.34. The van der Waals surface area contributed by atoms with E-state index >= 15 is 0 Å². The van der Waals surface area contributed by atoms with Crippen molar-refractivity contribution in [1.29, 1.82) is 0 Å². The maximum atomic E-state index is 12.9. The van der Waals surface area contributed by atoms with E-state index in [0.717, 1.165) is 94.8 Å². The highest BCUT2D eigenvalue weighted by Crippen LogP contribution is 2.37. The average molecular weight is 1100 g/mol. The third-order valence-electron chi connectivity index (χ3n) is 13.9. The quantitative estimate of drug-likeness (QED) is 0.0651. The molecule has 0 fully saturated rings. The number of ketones is 1. The van der Waals surface area contributed by atoms with Gasteiger partial charge in [0.2, 0.25) is 0 Å². The molecule has 81 heavy (non-hydrogen) atoms. The molecule has 11 rings (SSSR count). The molecule has 0 spiro atoms. The van der Waals surface area contributed by atoms with Gasteiger partial charge in [-0.3, -0.25) is 24.0 Å². The van der Waals surface area contributed by atoms with Crippen molar-refractivity contribution in [1.82, 2.24) is 21.3 Å². The van der Waals surface area contributed by atoms with Crippen molar-refractivity contribution in [3.05, 3.63) is 200 Å². The van der Waals surface area contributed by atoms with E-state index in [-0.39, 0.29) is 41.8 Å². The van der Waals surface area contributed by atoms with Crippen LogP contribution in [0.5, 0.6) is 5.75 Å². The number of ether oxygens (including phenoxy) is 1. The lowest BCUT2D eigenvalue weighted by Crippen LogP contribution is -2.47. The largest absolute Gasteiger partial charge is 0.875 e. The molecule has 0 saturated carbocycles. The average Bonchev–Trinajstić information content (AvgIpc) is 3.55. The monoisotopic (exact) mass is 1100 g/mol. The molecule has 1 aliphatic carbocycles. The fourth-order valence-electron chi connectivity index (χ4n) is 9.35. The number of benzene rings is 6. The predicted octanol–water partition coefficient (Wildman–Crippen LogP) is 8.62. The molecule has 428 valence electrons. The van der Waals surface area contributed by atoms with E-state index in [0.29, 0.717) is 72.9 Å². The Morgan fingerprint density at radius 3 is 1.26 bits per heavy atom. The first kappa shape index (κ1) is 61.9. The van der Waals surface area contributed by atoms with Gasteiger partial charge in [-0.15, -0.1) is 5.76 Å². The summed E-state index contributed by atoms with van der Waals surface area (Å²) in [6, 6.07) is 38.8. The summed E-state index contributed by atoms with van der Waals surface area (Å²) in [5.41, 5.74) is 11.0. The first-order valence-corrected chi connectivity index (χ1v) is 27.9. The Bertz CT molecular complexity index is 2890. The molecule has 2 atom stereocenters. The van der Waals surface area contributed by atoms with E-state index in [9.17, 15) is 39.3 Å². The molecular formula is C66H78N6O9-2. The SMILES string of the molecule is CCCN(CCC)c1ccc(C)c(O)c1.CCCN(CCOCC(C)=O)c1ccc(C2=C([O-])C(C)C2[O-])cc1.Cc1cc2cc(c1)C(=O)NCc1ccc(cc1)CNC(=O)c1cc(C)cc(c1)C(=O)NCc1ccc(cc1)CNC2=O. The minimum absolute atomic E-state index is 0.0185. The van der Waals surface area contributed by atoms with E-state index < -0.39 is 12.0 Å². The number of hydrogen-bond acceptors (Lipinski definition) is 11. The topological polar surface area (TPSA) is 216 Å². The molecule has 0 saturated heterocycles. The van der Waals surface area contributed by atoms with E-state index in [1.807, 2.05) is 106 Å². The number of nitrogens with one attached hydrogen (secondary N) is 4. The van der Waals surface area contributed by atoms with Crippen LogP contribution in [0.25, 0.3) is 5.57 Å². The summed E-state index contributed by atoms with van der Waals surface area (Å²) >= 11 is 0. The van der Waals surface area contributed by atoms with Crippen LogP contribution in [-0.2, 0) is 35.7 Å². The molecule has 0 aromatic heterocycles. The van der Waals surface area contributed by atoms with E-state index in [4.69, 9.17) is 4.74 Å². The van der Waals surface area contributed by atoms with Crippen molar-refractivity contribution < 1.29 is 44.0 Å². The third kappa shape index (κ3) is 18.1. The van der Waals surface area contributed by atoms with Crippen molar-refractivity contribution in [3.8, 4) is 5.75 Å². The summed E-state index contributed by atoms with van der Waals surface area (Å²) in [6.07, 6.45) is 2.35. The van der Waals surface area contributed by atoms with Crippen molar-refractivity contribution >= 4 is 46.4 Å². The molecule has 5 N–H and O–H groups in total. The van der Waals surface area contributed by atoms with Crippen LogP contribution in [0.2, 0.25) is 0 Å². The van der Waals surface area contributed by atoms with Crippen LogP contribution < -0.4 is 41.3 Å². The van der Waals surface area contributed by atoms with Crippen LogP contribution in [0, 0.1) is 26.7 Å². The maximum absolute atomic E-state index is 12.9. The highest BCUT2D eigenvalue weighted by atomic mass is 16.5. The molecule has 6 aromatic carbocycles. The number of rotatable bonds is 14. The number of Topliss-reactive ketones (excluding diaryl/α,β-unsaturated/α-hetero) is 1. The van der Waals surface area contributed by atoms with Crippen LogP contribution in [0.15, 0.2) is 133 Å². The van der Waals surface area contributed by atoms with E-state index in [1.54, 1.807) is 43.3 Å². The van der Waals surface area contributed by atoms with Gasteiger partial charge in [0.1, 0.15) is 12.4 Å². The van der Waals surface area contributed by atoms with Gasteiger partial charge in [-0.05, 0) is 152 Å². The summed E-state index contributed by atoms with van der Waals surface area (Å²) in [6.45, 7) is 20.8. The van der Waals surface area contributed by atoms with Gasteiger partial charge in [0.15, 0.2) is 5.78 Å². The Kier molecular flexibility index (Phi) is 23.2. The van der Waals surface area contributed by atoms with Gasteiger partial charge in [0.25, 0.3) is 23.6 Å². The summed E-state index contributed by atoms with van der Waals surface area (Å²) in [5, 5.41) is 45.0. The second kappa shape index (κ2) is 30.4. The van der Waals surface area contributed by atoms with Gasteiger partial charge in [-0.1, -0.05) is 106 Å². The Morgan fingerprint density at radius 2 is 0.914 bits per heavy atom. The molecule has 0 radical (unpaired) electrons. The Morgan fingerprint density at radius 1 is 0.543 bits per heavy atom. The number of aromatic hydroxyl groups is 1. The minimum Gasteiger partial charge on any atom is -0.875 e. The zero-order chi connectivity index (χ0) is 58.6. The molecule has 2 unspecified atom stereocenters. The van der Waals surface area contributed by atoms with Crippen molar-refractivity contribution in [2.45, 2.75) is 107 Å². The Labute approximate surface area is 477 Å². The molecule has 4 aliphatic heterocycles. The van der Waals surface area contributed by atoms with Crippen LogP contribution in [0.3, 0.4) is 0 Å². The summed E-state index contributed by atoms with van der Waals surface area (Å²) in [5.74, 6) is -1.12. The van der Waals surface area contributed by atoms with Crippen molar-refractivity contribution in [3.63, 3.8) is 0 Å². The number of phenolic OH excluding ortho intramolecular Hbond substituents is 1. The second-order valence-corrected chi connectivity index (χ2v) is 20.8. The molecule has 15 nitrogen and oxygen atoms in total. The van der Waals surface area contributed by atoms with Gasteiger partial charge in [-0.2, -0.15) is 0 Å². The lowest BCUT2D eigenvalue weighted by molar-refractivity contribution is -0.437. The zero-order valence-electron chi connectivity index (χ0n) is 48.1. The van der Waals surface area contributed by atoms with Crippen LogP contribution in [-0.4, -0.2) is 80.0 Å². The van der Waals surface area contributed by atoms with Gasteiger partial charge in [-0.25, -0.2) is 0 Å². The van der Waals surface area contributed by atoms with Crippen molar-refractivity contribution in [2.75, 3.05) is 49.2 Å². The molecule has 6 aromatic rings. The predicted molar refractivity (Wildman–Crippen MR) is 316 cm³/mol. The lowest BCUT2D eigenvalue weighted by Gasteiger charge is -2.49. The number of carbonyl (C=O) groups excluding carboxylic acids is 5. The van der Waals surface area contributed by atoms with Gasteiger partial charge < -0.3 is 51.1 Å². The fraction of sp³-hybridized carbons (Fsp3) is 0.348. The highest BCUT2D eigenvalue weighted by Gasteiger charge is 2.24. The first-order valence-electron chi connectivity index (χ1n) is 27.9. The number of amides is 4. The van der Waals surface area contributed by atoms with Gasteiger partial charge >= 0.3 is 0 Å². The first-order chi connectivity index (χ1) is 38.9. The van der Waals surface area contributed by atoms with E-state index in [1.165, 1.54) is 6.92 Å². The fourth-order valence-corrected chi connectivity index (χ4v) is 9.35. The second-order valence-electron chi connectivity index (χ2n) is 20.8. The van der Waals surface area contributed by atoms with Crippen molar-refractivity contribution in [2.24, 2.45) is 5.92 Å². The molecule has 15 heteroatoms. The molecule has 8 bridgehead atoms. The zero-order valence-corrected chi connectivity index (χ0v) is 48.1. The minimum atomic E-state index is -0.907. The van der Waals surface area contributed by atoms with Crippen LogP contribution in [0.4, 0.5) is 11.4 Å². The van der Waals surface area contributed by atoms with Crippen LogP contribution in [0.1, 0.15) is 140 Å². The standard InChI is InChI=1S/C34H32N4O4.C19H26NO4.C13H21NO/c1-21-11-27-15-28(12-21)32(40)36-18-24-5-9-26(10-6-24)20-38-34(42)30-14-22(2)13-29(16-30)33(41)37-19-25-7-3-23(4-8-25)17-35-31(27)39;1-4-9-20(10-11-24-12-13(2)21)16-7-5-15(6-8-16)17-18(22)14(3)19(17)23;1-4-8-14(9-5-2)12-7-6-11(3)13(15)10-12/h3-16H,17-20H2,1-2H3,(H,35,39)(H,36,40)(H,37,41)(H,38,42);5-8,14,18,23H,4,9-12H2,1-3H3;6-7,10,15H,4-5,8-9H2,1-3H3/q;-1;/p-1. The lowest BCUT2D eigenvalue weighted by atomic mass is 9.78. The molecule has 4 heterocycles. The normalized spacial score (nSPS) is 15.4. The smallest absolute Gasteiger partial charge is 0.251 e. The number of anilines is 2. The Hall–Kier alpha value is -8.27. The third-order valence-corrected chi connectivity index (χ3v) is 13.9. The summed E-state index contributed by atoms with van der Waals surface area (Å²) in [4.78, 5) is 67.1. The maximum Gasteiger partial charge on any atom is 0.251 e. The number of hydrogen-bond donors (Lipinski definition) is 5. The highest BCUT2D eigenvalue weighted by molar-refractivity contribution is 6.01. The number of aryl methyl sites for hydroxylation is 3.